The summed E-state index contributed by atoms with van der Waals surface area (Å²) >= 11 is 5.89. The van der Waals surface area contributed by atoms with Gasteiger partial charge in [0, 0.05) is 24.8 Å². The van der Waals surface area contributed by atoms with Crippen LogP contribution in [0, 0.1) is 5.92 Å². The molecular formula is C12H15ClN2O2. The van der Waals surface area contributed by atoms with Crippen LogP contribution in [0.4, 0.5) is 11.4 Å². The van der Waals surface area contributed by atoms with Crippen LogP contribution >= 0.6 is 11.6 Å². The number of nitrogen functional groups attached to an aromatic ring is 1. The molecule has 0 spiro atoms. The fourth-order valence-corrected chi connectivity index (χ4v) is 1.99. The molecule has 1 heterocycles. The van der Waals surface area contributed by atoms with Crippen LogP contribution in [0.2, 0.25) is 5.02 Å². The van der Waals surface area contributed by atoms with Crippen LogP contribution in [-0.2, 0) is 9.53 Å². The third-order valence-electron chi connectivity index (χ3n) is 2.86. The molecule has 1 fully saturated rings. The Morgan fingerprint density at radius 3 is 2.76 bits per heavy atom. The monoisotopic (exact) mass is 254 g/mol. The van der Waals surface area contributed by atoms with Gasteiger partial charge in [-0.15, -0.1) is 0 Å². The lowest BCUT2D eigenvalue weighted by Crippen LogP contribution is -2.28. The molecule has 1 aromatic carbocycles. The molecule has 0 atom stereocenters. The number of amides is 1. The number of halogens is 1. The molecule has 0 saturated carbocycles. The van der Waals surface area contributed by atoms with E-state index >= 15 is 0 Å². The van der Waals surface area contributed by atoms with Gasteiger partial charge in [0.1, 0.15) is 0 Å². The van der Waals surface area contributed by atoms with Crippen LogP contribution in [-0.4, -0.2) is 19.1 Å². The van der Waals surface area contributed by atoms with Crippen LogP contribution in [0.5, 0.6) is 0 Å². The average molecular weight is 255 g/mol. The van der Waals surface area contributed by atoms with Gasteiger partial charge in [0.15, 0.2) is 0 Å². The van der Waals surface area contributed by atoms with E-state index < -0.39 is 0 Å². The first kappa shape index (κ1) is 12.2. The lowest BCUT2D eigenvalue weighted by molar-refractivity contribution is -0.122. The highest BCUT2D eigenvalue weighted by molar-refractivity contribution is 6.33. The van der Waals surface area contributed by atoms with Gasteiger partial charge in [-0.1, -0.05) is 11.6 Å². The van der Waals surface area contributed by atoms with Crippen LogP contribution in [0.3, 0.4) is 0 Å². The number of rotatable bonds is 2. The number of carbonyl (C=O) groups excluding carboxylic acids is 1. The first-order chi connectivity index (χ1) is 8.16. The second kappa shape index (κ2) is 5.38. The minimum Gasteiger partial charge on any atom is -0.398 e. The first-order valence-electron chi connectivity index (χ1n) is 5.60. The maximum absolute atomic E-state index is 11.9. The maximum atomic E-state index is 11.9. The molecule has 2 rings (SSSR count). The molecule has 1 aliphatic heterocycles. The molecule has 92 valence electrons. The second-order valence-electron chi connectivity index (χ2n) is 4.11. The molecule has 5 heteroatoms. The van der Waals surface area contributed by atoms with Crippen molar-refractivity contribution in [3.63, 3.8) is 0 Å². The molecule has 3 N–H and O–H groups in total. The van der Waals surface area contributed by atoms with Crippen molar-refractivity contribution in [1.29, 1.82) is 0 Å². The number of hydrogen-bond acceptors (Lipinski definition) is 3. The number of ether oxygens (including phenoxy) is 1. The van der Waals surface area contributed by atoms with Gasteiger partial charge in [0.25, 0.3) is 0 Å². The Kier molecular flexibility index (Phi) is 3.86. The molecule has 17 heavy (non-hydrogen) atoms. The molecule has 4 nitrogen and oxygen atoms in total. The van der Waals surface area contributed by atoms with Crippen molar-refractivity contribution in [3.05, 3.63) is 23.2 Å². The van der Waals surface area contributed by atoms with Gasteiger partial charge >= 0.3 is 0 Å². The van der Waals surface area contributed by atoms with Crippen LogP contribution in [0.15, 0.2) is 18.2 Å². The van der Waals surface area contributed by atoms with Gasteiger partial charge in [-0.2, -0.15) is 0 Å². The summed E-state index contributed by atoms with van der Waals surface area (Å²) in [5.41, 5.74) is 6.79. The van der Waals surface area contributed by atoms with Crippen LogP contribution in [0.25, 0.3) is 0 Å². The molecule has 0 aliphatic carbocycles. The zero-order chi connectivity index (χ0) is 12.3. The highest BCUT2D eigenvalue weighted by Crippen LogP contribution is 2.24. The van der Waals surface area contributed by atoms with E-state index in [0.29, 0.717) is 29.6 Å². The Labute approximate surface area is 105 Å². The van der Waals surface area contributed by atoms with Crippen molar-refractivity contribution >= 4 is 28.9 Å². The molecule has 1 saturated heterocycles. The van der Waals surface area contributed by atoms with Crippen molar-refractivity contribution in [2.24, 2.45) is 5.92 Å². The highest BCUT2D eigenvalue weighted by Gasteiger charge is 2.21. The quantitative estimate of drug-likeness (QED) is 0.796. The molecule has 1 aliphatic rings. The molecular weight excluding hydrogens is 240 g/mol. The predicted molar refractivity (Wildman–Crippen MR) is 68.0 cm³/mol. The number of benzene rings is 1. The third-order valence-corrected chi connectivity index (χ3v) is 3.19. The molecule has 0 radical (unpaired) electrons. The first-order valence-corrected chi connectivity index (χ1v) is 5.98. The summed E-state index contributed by atoms with van der Waals surface area (Å²) in [6, 6.07) is 5.09. The van der Waals surface area contributed by atoms with E-state index in [1.165, 1.54) is 0 Å². The van der Waals surface area contributed by atoms with Gasteiger partial charge in [0.2, 0.25) is 5.91 Å². The topological polar surface area (TPSA) is 64.3 Å². The Bertz CT molecular complexity index is 417. The van der Waals surface area contributed by atoms with E-state index in [2.05, 4.69) is 5.32 Å². The number of nitrogens with two attached hydrogens (primary N) is 1. The Balaban J connectivity index is 1.99. The zero-order valence-corrected chi connectivity index (χ0v) is 10.2. The SMILES string of the molecule is Nc1ccc(NC(=O)C2CCOCC2)cc1Cl. The minimum absolute atomic E-state index is 0.0224. The summed E-state index contributed by atoms with van der Waals surface area (Å²) in [5.74, 6) is 0.0502. The lowest BCUT2D eigenvalue weighted by Gasteiger charge is -2.21. The van der Waals surface area contributed by atoms with Gasteiger partial charge in [0.05, 0.1) is 10.7 Å². The van der Waals surface area contributed by atoms with E-state index in [1.807, 2.05) is 0 Å². The summed E-state index contributed by atoms with van der Waals surface area (Å²) in [6.07, 6.45) is 1.54. The molecule has 1 amide bonds. The maximum Gasteiger partial charge on any atom is 0.227 e. The summed E-state index contributed by atoms with van der Waals surface area (Å²) in [5, 5.41) is 3.30. The normalized spacial score (nSPS) is 16.8. The van der Waals surface area contributed by atoms with Crippen molar-refractivity contribution in [2.45, 2.75) is 12.8 Å². The Hall–Kier alpha value is -1.26. The highest BCUT2D eigenvalue weighted by atomic mass is 35.5. The third kappa shape index (κ3) is 3.11. The van der Waals surface area contributed by atoms with Gasteiger partial charge in [-0.3, -0.25) is 4.79 Å². The molecule has 1 aromatic rings. The average Bonchev–Trinajstić information content (AvgIpc) is 2.35. The number of anilines is 2. The van der Waals surface area contributed by atoms with Crippen molar-refractivity contribution < 1.29 is 9.53 Å². The largest absolute Gasteiger partial charge is 0.398 e. The number of nitrogens with one attached hydrogen (secondary N) is 1. The van der Waals surface area contributed by atoms with Crippen molar-refractivity contribution in [1.82, 2.24) is 0 Å². The molecule has 0 bridgehead atoms. The standard InChI is InChI=1S/C12H15ClN2O2/c13-10-7-9(1-2-11(10)14)15-12(16)8-3-5-17-6-4-8/h1-2,7-8H,3-6,14H2,(H,15,16). The summed E-state index contributed by atoms with van der Waals surface area (Å²) in [7, 11) is 0. The fraction of sp³-hybridized carbons (Fsp3) is 0.417. The minimum atomic E-state index is 0.0224. The Morgan fingerprint density at radius 1 is 1.41 bits per heavy atom. The summed E-state index contributed by atoms with van der Waals surface area (Å²) < 4.78 is 5.22. The number of carbonyl (C=O) groups is 1. The van der Waals surface area contributed by atoms with Gasteiger partial charge < -0.3 is 15.8 Å². The van der Waals surface area contributed by atoms with Crippen molar-refractivity contribution in [2.75, 3.05) is 24.3 Å². The van der Waals surface area contributed by atoms with Gasteiger partial charge in [-0.25, -0.2) is 0 Å². The van der Waals surface area contributed by atoms with Crippen LogP contribution in [0.1, 0.15) is 12.8 Å². The summed E-state index contributed by atoms with van der Waals surface area (Å²) in [4.78, 5) is 11.9. The smallest absolute Gasteiger partial charge is 0.227 e. The van der Waals surface area contributed by atoms with Gasteiger partial charge in [-0.05, 0) is 31.0 Å². The van der Waals surface area contributed by atoms with Crippen LogP contribution < -0.4 is 11.1 Å². The van der Waals surface area contributed by atoms with E-state index in [4.69, 9.17) is 22.1 Å². The molecule has 0 unspecified atom stereocenters. The van der Waals surface area contributed by atoms with E-state index in [-0.39, 0.29) is 11.8 Å². The lowest BCUT2D eigenvalue weighted by atomic mass is 9.99. The second-order valence-corrected chi connectivity index (χ2v) is 4.52. The van der Waals surface area contributed by atoms with E-state index in [9.17, 15) is 4.79 Å². The van der Waals surface area contributed by atoms with E-state index in [0.717, 1.165) is 12.8 Å². The van der Waals surface area contributed by atoms with Crippen molar-refractivity contribution in [3.8, 4) is 0 Å². The molecule has 0 aromatic heterocycles. The fourth-order valence-electron chi connectivity index (χ4n) is 1.81. The zero-order valence-electron chi connectivity index (χ0n) is 9.41. The predicted octanol–water partition coefficient (Wildman–Crippen LogP) is 2.29. The van der Waals surface area contributed by atoms with E-state index in [1.54, 1.807) is 18.2 Å². The number of hydrogen-bond donors (Lipinski definition) is 2. The Morgan fingerprint density at radius 2 is 2.12 bits per heavy atom. The summed E-state index contributed by atoms with van der Waals surface area (Å²) in [6.45, 7) is 1.31.